The highest BCUT2D eigenvalue weighted by molar-refractivity contribution is 7.13. The van der Waals surface area contributed by atoms with E-state index >= 15 is 0 Å². The summed E-state index contributed by atoms with van der Waals surface area (Å²) in [6, 6.07) is 0. The van der Waals surface area contributed by atoms with E-state index < -0.39 is 0 Å². The Morgan fingerprint density at radius 2 is 2.19 bits per heavy atom. The van der Waals surface area contributed by atoms with Crippen molar-refractivity contribution in [2.45, 2.75) is 26.1 Å². The van der Waals surface area contributed by atoms with Gasteiger partial charge in [-0.3, -0.25) is 4.79 Å². The minimum Gasteiger partial charge on any atom is -0.364 e. The molecule has 31 heavy (non-hydrogen) atoms. The maximum Gasteiger partial charge on any atom is 0.259 e. The zero-order valence-electron chi connectivity index (χ0n) is 17.4. The molecule has 2 atom stereocenters. The predicted octanol–water partition coefficient (Wildman–Crippen LogP) is 1.75. The Hall–Kier alpha value is -2.79. The standard InChI is InChI=1S/C20H25N7O3S/c1-13-11-31-20(24-13)27-6-4-26(5-7-27)18(28)15-9-21-12-23-17(15)22-10-16-14-3-2-8-29-19(14)30-25-16/h9,11-12,14,19H,2-8,10H2,1H3,(H,21,22,23). The lowest BCUT2D eigenvalue weighted by atomic mass is 9.95. The number of nitrogens with one attached hydrogen (secondary N) is 1. The van der Waals surface area contributed by atoms with E-state index in [-0.39, 0.29) is 18.1 Å². The van der Waals surface area contributed by atoms with Gasteiger partial charge in [-0.1, -0.05) is 5.16 Å². The average Bonchev–Trinajstić information content (AvgIpc) is 3.44. The van der Waals surface area contributed by atoms with Crippen LogP contribution in [-0.4, -0.2) is 77.1 Å². The summed E-state index contributed by atoms with van der Waals surface area (Å²) in [6.07, 6.45) is 4.72. The molecule has 2 fully saturated rings. The third-order valence-corrected chi connectivity index (χ3v) is 6.82. The van der Waals surface area contributed by atoms with E-state index in [1.54, 1.807) is 17.5 Å². The van der Waals surface area contributed by atoms with E-state index in [9.17, 15) is 4.79 Å². The normalized spacial score (nSPS) is 23.2. The summed E-state index contributed by atoms with van der Waals surface area (Å²) in [4.78, 5) is 35.6. The van der Waals surface area contributed by atoms with Crippen molar-refractivity contribution in [1.29, 1.82) is 0 Å². The van der Waals surface area contributed by atoms with Gasteiger partial charge in [-0.2, -0.15) is 0 Å². The van der Waals surface area contributed by atoms with Crippen molar-refractivity contribution >= 4 is 33.9 Å². The van der Waals surface area contributed by atoms with Gasteiger partial charge in [-0.05, 0) is 19.8 Å². The van der Waals surface area contributed by atoms with Crippen LogP contribution in [0.1, 0.15) is 28.9 Å². The number of thiazole rings is 1. The van der Waals surface area contributed by atoms with E-state index in [2.05, 4.69) is 30.3 Å². The molecule has 3 aliphatic rings. The minimum absolute atomic E-state index is 0.0680. The molecule has 2 unspecified atom stereocenters. The summed E-state index contributed by atoms with van der Waals surface area (Å²) in [6.45, 7) is 5.93. The first-order chi connectivity index (χ1) is 15.2. The van der Waals surface area contributed by atoms with Gasteiger partial charge in [-0.25, -0.2) is 15.0 Å². The summed E-state index contributed by atoms with van der Waals surface area (Å²) in [5.74, 6) is 0.604. The van der Waals surface area contributed by atoms with Crippen LogP contribution >= 0.6 is 11.3 Å². The molecule has 1 N–H and O–H groups in total. The molecule has 5 heterocycles. The third-order valence-electron chi connectivity index (χ3n) is 5.80. The molecule has 164 valence electrons. The molecule has 11 heteroatoms. The van der Waals surface area contributed by atoms with Crippen molar-refractivity contribution in [3.05, 3.63) is 29.2 Å². The molecule has 3 aliphatic heterocycles. The van der Waals surface area contributed by atoms with E-state index in [1.807, 2.05) is 17.2 Å². The second kappa shape index (κ2) is 8.75. The van der Waals surface area contributed by atoms with Crippen LogP contribution in [-0.2, 0) is 9.57 Å². The van der Waals surface area contributed by atoms with E-state index in [0.717, 1.165) is 42.5 Å². The quantitative estimate of drug-likeness (QED) is 0.745. The first kappa shape index (κ1) is 20.1. The second-order valence-electron chi connectivity index (χ2n) is 7.87. The SMILES string of the molecule is Cc1csc(N2CCN(C(=O)c3cncnc3NCC3=NOC4OCCCC34)CC2)n1. The molecule has 5 rings (SSSR count). The maximum atomic E-state index is 13.2. The molecule has 1 amide bonds. The van der Waals surface area contributed by atoms with Crippen molar-refractivity contribution in [3.63, 3.8) is 0 Å². The molecule has 0 saturated carbocycles. The van der Waals surface area contributed by atoms with Gasteiger partial charge in [0.2, 0.25) is 6.29 Å². The Morgan fingerprint density at radius 3 is 3.00 bits per heavy atom. The Labute approximate surface area is 184 Å². The van der Waals surface area contributed by atoms with Crippen LogP contribution in [0.5, 0.6) is 0 Å². The monoisotopic (exact) mass is 443 g/mol. The smallest absolute Gasteiger partial charge is 0.259 e. The number of oxime groups is 1. The van der Waals surface area contributed by atoms with Crippen molar-refractivity contribution in [2.75, 3.05) is 49.5 Å². The summed E-state index contributed by atoms with van der Waals surface area (Å²) >= 11 is 1.64. The molecule has 0 bridgehead atoms. The lowest BCUT2D eigenvalue weighted by Crippen LogP contribution is -2.49. The first-order valence-corrected chi connectivity index (χ1v) is 11.4. The molecule has 2 aromatic rings. The van der Waals surface area contributed by atoms with Crippen LogP contribution in [0.3, 0.4) is 0 Å². The van der Waals surface area contributed by atoms with Crippen molar-refractivity contribution in [1.82, 2.24) is 19.9 Å². The summed E-state index contributed by atoms with van der Waals surface area (Å²) in [7, 11) is 0. The Morgan fingerprint density at radius 1 is 1.32 bits per heavy atom. The topological polar surface area (TPSA) is 105 Å². The molecule has 10 nitrogen and oxygen atoms in total. The van der Waals surface area contributed by atoms with E-state index in [0.29, 0.717) is 37.6 Å². The zero-order chi connectivity index (χ0) is 21.2. The molecule has 0 radical (unpaired) electrons. The van der Waals surface area contributed by atoms with Gasteiger partial charge in [0.15, 0.2) is 5.13 Å². The summed E-state index contributed by atoms with van der Waals surface area (Å²) < 4.78 is 5.61. The highest BCUT2D eigenvalue weighted by Crippen LogP contribution is 2.29. The second-order valence-corrected chi connectivity index (χ2v) is 8.70. The third kappa shape index (κ3) is 4.19. The van der Waals surface area contributed by atoms with Gasteiger partial charge in [0.25, 0.3) is 5.91 Å². The van der Waals surface area contributed by atoms with Gasteiger partial charge in [0, 0.05) is 37.8 Å². The number of fused-ring (bicyclic) bond motifs is 1. The van der Waals surface area contributed by atoms with E-state index in [4.69, 9.17) is 9.57 Å². The fraction of sp³-hybridized carbons (Fsp3) is 0.550. The maximum absolute atomic E-state index is 13.2. The highest BCUT2D eigenvalue weighted by atomic mass is 32.1. The van der Waals surface area contributed by atoms with Gasteiger partial charge < -0.3 is 24.7 Å². The molecule has 2 saturated heterocycles. The lowest BCUT2D eigenvalue weighted by molar-refractivity contribution is -0.162. The number of carbonyl (C=O) groups is 1. The zero-order valence-corrected chi connectivity index (χ0v) is 18.2. The number of piperazine rings is 1. The van der Waals surface area contributed by atoms with Gasteiger partial charge in [-0.15, -0.1) is 11.3 Å². The Kier molecular flexibility index (Phi) is 5.68. The number of nitrogens with zero attached hydrogens (tertiary/aromatic N) is 6. The number of hydrogen-bond acceptors (Lipinski definition) is 10. The average molecular weight is 444 g/mol. The highest BCUT2D eigenvalue weighted by Gasteiger charge is 2.37. The molecule has 0 aromatic carbocycles. The number of ether oxygens (including phenoxy) is 1. The van der Waals surface area contributed by atoms with Gasteiger partial charge in [0.05, 0.1) is 30.5 Å². The van der Waals surface area contributed by atoms with Crippen molar-refractivity contribution in [2.24, 2.45) is 11.1 Å². The lowest BCUT2D eigenvalue weighted by Gasteiger charge is -2.34. The largest absolute Gasteiger partial charge is 0.364 e. The molecule has 0 spiro atoms. The molecular formula is C20H25N7O3S. The van der Waals surface area contributed by atoms with Crippen LogP contribution in [0, 0.1) is 12.8 Å². The number of hydrogen-bond donors (Lipinski definition) is 1. The number of carbonyl (C=O) groups excluding carboxylic acids is 1. The number of amides is 1. The van der Waals surface area contributed by atoms with Crippen LogP contribution in [0.4, 0.5) is 10.9 Å². The summed E-state index contributed by atoms with van der Waals surface area (Å²) in [5.41, 5.74) is 2.39. The summed E-state index contributed by atoms with van der Waals surface area (Å²) in [5, 5.41) is 10.5. The fourth-order valence-electron chi connectivity index (χ4n) is 4.09. The van der Waals surface area contributed by atoms with Crippen LogP contribution in [0.25, 0.3) is 0 Å². The number of aryl methyl sites for hydroxylation is 1. The van der Waals surface area contributed by atoms with Crippen molar-refractivity contribution < 1.29 is 14.4 Å². The Balaban J connectivity index is 1.21. The minimum atomic E-state index is -0.282. The first-order valence-electron chi connectivity index (χ1n) is 10.5. The number of rotatable bonds is 5. The van der Waals surface area contributed by atoms with Crippen LogP contribution < -0.4 is 10.2 Å². The predicted molar refractivity (Wildman–Crippen MR) is 116 cm³/mol. The van der Waals surface area contributed by atoms with Crippen LogP contribution in [0.2, 0.25) is 0 Å². The van der Waals surface area contributed by atoms with Gasteiger partial charge in [0.1, 0.15) is 17.7 Å². The molecular weight excluding hydrogens is 418 g/mol. The number of aromatic nitrogens is 3. The van der Waals surface area contributed by atoms with Crippen LogP contribution in [0.15, 0.2) is 23.1 Å². The van der Waals surface area contributed by atoms with Crippen molar-refractivity contribution in [3.8, 4) is 0 Å². The fourth-order valence-corrected chi connectivity index (χ4v) is 4.95. The van der Waals surface area contributed by atoms with E-state index in [1.165, 1.54) is 6.33 Å². The molecule has 2 aromatic heterocycles. The number of anilines is 2. The van der Waals surface area contributed by atoms with Gasteiger partial charge >= 0.3 is 0 Å². The Bertz CT molecular complexity index is 973. The molecule has 0 aliphatic carbocycles.